The SMILES string of the molecule is O=C(Nc1ccncc1)C1CCN(c2ccc(C(F)(F)F)cc2[N+](=O)[O-])CC1. The standard InChI is InChI=1S/C18H17F3N4O3/c19-18(20,21)13-1-2-15(16(11-13)25(27)28)24-9-5-12(6-10-24)17(26)23-14-3-7-22-8-4-14/h1-4,7-8,11-12H,5-6,9-10H2,(H,22,23,26). The van der Waals surface area contributed by atoms with Gasteiger partial charge in [-0.25, -0.2) is 0 Å². The van der Waals surface area contributed by atoms with Crippen molar-refractivity contribution in [2.24, 2.45) is 5.92 Å². The zero-order valence-corrected chi connectivity index (χ0v) is 14.6. The van der Waals surface area contributed by atoms with Gasteiger partial charge in [0, 0.05) is 43.2 Å². The summed E-state index contributed by atoms with van der Waals surface area (Å²) in [6, 6.07) is 5.84. The molecule has 1 aromatic carbocycles. The van der Waals surface area contributed by atoms with E-state index in [1.807, 2.05) is 0 Å². The number of carbonyl (C=O) groups is 1. The smallest absolute Gasteiger partial charge is 0.366 e. The molecule has 10 heteroatoms. The Labute approximate surface area is 158 Å². The van der Waals surface area contributed by atoms with Gasteiger partial charge >= 0.3 is 6.18 Å². The van der Waals surface area contributed by atoms with E-state index in [0.717, 1.165) is 12.1 Å². The topological polar surface area (TPSA) is 88.4 Å². The summed E-state index contributed by atoms with van der Waals surface area (Å²) in [6.07, 6.45) is -0.657. The first kappa shape index (κ1) is 19.6. The van der Waals surface area contributed by atoms with Gasteiger partial charge in [0.2, 0.25) is 5.91 Å². The number of hydrogen-bond donors (Lipinski definition) is 1. The molecule has 0 bridgehead atoms. The Morgan fingerprint density at radius 2 is 1.82 bits per heavy atom. The first-order chi connectivity index (χ1) is 13.3. The molecule has 0 spiro atoms. The number of nitro benzene ring substituents is 1. The average molecular weight is 394 g/mol. The van der Waals surface area contributed by atoms with Crippen LogP contribution in [-0.4, -0.2) is 28.9 Å². The van der Waals surface area contributed by atoms with E-state index in [-0.39, 0.29) is 17.5 Å². The first-order valence-corrected chi connectivity index (χ1v) is 8.57. The van der Waals surface area contributed by atoms with Crippen molar-refractivity contribution in [1.82, 2.24) is 4.98 Å². The van der Waals surface area contributed by atoms with Crippen LogP contribution in [0.15, 0.2) is 42.7 Å². The summed E-state index contributed by atoms with van der Waals surface area (Å²) in [6.45, 7) is 0.668. The third-order valence-electron chi connectivity index (χ3n) is 4.65. The van der Waals surface area contributed by atoms with Crippen LogP contribution in [-0.2, 0) is 11.0 Å². The molecule has 7 nitrogen and oxygen atoms in total. The Hall–Kier alpha value is -3.17. The minimum Gasteiger partial charge on any atom is -0.366 e. The number of alkyl halides is 3. The highest BCUT2D eigenvalue weighted by molar-refractivity contribution is 5.92. The van der Waals surface area contributed by atoms with Gasteiger partial charge in [-0.1, -0.05) is 0 Å². The van der Waals surface area contributed by atoms with Gasteiger partial charge in [0.15, 0.2) is 0 Å². The molecule has 1 fully saturated rings. The number of nitrogens with zero attached hydrogens (tertiary/aromatic N) is 3. The highest BCUT2D eigenvalue weighted by Crippen LogP contribution is 2.37. The number of hydrogen-bond acceptors (Lipinski definition) is 5. The van der Waals surface area contributed by atoms with Crippen molar-refractivity contribution in [1.29, 1.82) is 0 Å². The summed E-state index contributed by atoms with van der Waals surface area (Å²) < 4.78 is 38.5. The van der Waals surface area contributed by atoms with Crippen molar-refractivity contribution in [2.75, 3.05) is 23.3 Å². The molecule has 1 aromatic heterocycles. The van der Waals surface area contributed by atoms with E-state index in [0.29, 0.717) is 37.7 Å². The Morgan fingerprint density at radius 3 is 2.39 bits per heavy atom. The van der Waals surface area contributed by atoms with Gasteiger partial charge in [-0.15, -0.1) is 0 Å². The number of aromatic nitrogens is 1. The summed E-state index contributed by atoms with van der Waals surface area (Å²) in [5.41, 5.74) is -0.893. The van der Waals surface area contributed by atoms with Crippen LogP contribution in [0.2, 0.25) is 0 Å². The largest absolute Gasteiger partial charge is 0.416 e. The second-order valence-corrected chi connectivity index (χ2v) is 6.44. The van der Waals surface area contributed by atoms with E-state index in [1.54, 1.807) is 29.4 Å². The van der Waals surface area contributed by atoms with Gasteiger partial charge in [0.25, 0.3) is 5.69 Å². The van der Waals surface area contributed by atoms with E-state index in [1.165, 1.54) is 0 Å². The van der Waals surface area contributed by atoms with E-state index in [2.05, 4.69) is 10.3 Å². The zero-order chi connectivity index (χ0) is 20.3. The second kappa shape index (κ2) is 7.83. The Bertz CT molecular complexity index is 866. The van der Waals surface area contributed by atoms with Crippen LogP contribution in [0, 0.1) is 16.0 Å². The number of anilines is 2. The molecule has 1 saturated heterocycles. The van der Waals surface area contributed by atoms with Crippen molar-refractivity contribution in [3.8, 4) is 0 Å². The highest BCUT2D eigenvalue weighted by atomic mass is 19.4. The molecule has 0 aliphatic carbocycles. The van der Waals surface area contributed by atoms with Crippen LogP contribution >= 0.6 is 0 Å². The molecular weight excluding hydrogens is 377 g/mol. The normalized spacial score (nSPS) is 15.3. The number of pyridine rings is 1. The quantitative estimate of drug-likeness (QED) is 0.628. The molecule has 2 heterocycles. The number of amides is 1. The number of carbonyl (C=O) groups excluding carboxylic acids is 1. The first-order valence-electron chi connectivity index (χ1n) is 8.57. The number of nitro groups is 1. The monoisotopic (exact) mass is 394 g/mol. The van der Waals surface area contributed by atoms with Crippen molar-refractivity contribution in [2.45, 2.75) is 19.0 Å². The van der Waals surface area contributed by atoms with Gasteiger partial charge in [-0.2, -0.15) is 13.2 Å². The second-order valence-electron chi connectivity index (χ2n) is 6.44. The van der Waals surface area contributed by atoms with Crippen LogP contribution in [0.3, 0.4) is 0 Å². The van der Waals surface area contributed by atoms with Crippen molar-refractivity contribution in [3.05, 3.63) is 58.4 Å². The molecule has 0 radical (unpaired) electrons. The van der Waals surface area contributed by atoms with E-state index >= 15 is 0 Å². The molecule has 3 rings (SSSR count). The highest BCUT2D eigenvalue weighted by Gasteiger charge is 2.34. The molecule has 148 valence electrons. The fourth-order valence-corrected chi connectivity index (χ4v) is 3.18. The Kier molecular flexibility index (Phi) is 5.48. The molecule has 1 N–H and O–H groups in total. The lowest BCUT2D eigenvalue weighted by molar-refractivity contribution is -0.384. The maximum absolute atomic E-state index is 12.8. The molecule has 1 aliphatic rings. The summed E-state index contributed by atoms with van der Waals surface area (Å²) in [5, 5.41) is 14.1. The minimum atomic E-state index is -4.65. The number of benzene rings is 1. The van der Waals surface area contributed by atoms with Crippen LogP contribution in [0.1, 0.15) is 18.4 Å². The summed E-state index contributed by atoms with van der Waals surface area (Å²) in [5.74, 6) is -0.439. The summed E-state index contributed by atoms with van der Waals surface area (Å²) in [7, 11) is 0. The van der Waals surface area contributed by atoms with E-state index < -0.39 is 22.4 Å². The van der Waals surface area contributed by atoms with Crippen LogP contribution in [0.25, 0.3) is 0 Å². The Balaban J connectivity index is 1.69. The number of halogens is 3. The zero-order valence-electron chi connectivity index (χ0n) is 14.6. The van der Waals surface area contributed by atoms with E-state index in [9.17, 15) is 28.1 Å². The van der Waals surface area contributed by atoms with Gasteiger partial charge in [-0.3, -0.25) is 19.9 Å². The Morgan fingerprint density at radius 1 is 1.18 bits per heavy atom. The molecule has 0 saturated carbocycles. The van der Waals surface area contributed by atoms with Crippen molar-refractivity contribution in [3.63, 3.8) is 0 Å². The molecule has 28 heavy (non-hydrogen) atoms. The summed E-state index contributed by atoms with van der Waals surface area (Å²) >= 11 is 0. The number of piperidine rings is 1. The number of rotatable bonds is 4. The van der Waals surface area contributed by atoms with Crippen LogP contribution in [0.5, 0.6) is 0 Å². The average Bonchev–Trinajstić information content (AvgIpc) is 2.67. The number of nitrogens with one attached hydrogen (secondary N) is 1. The predicted octanol–water partition coefficient (Wildman–Crippen LogP) is 3.86. The fourth-order valence-electron chi connectivity index (χ4n) is 3.18. The van der Waals surface area contributed by atoms with Crippen molar-refractivity contribution < 1.29 is 22.9 Å². The van der Waals surface area contributed by atoms with E-state index in [4.69, 9.17) is 0 Å². The third-order valence-corrected chi connectivity index (χ3v) is 4.65. The summed E-state index contributed by atoms with van der Waals surface area (Å²) in [4.78, 5) is 28.3. The van der Waals surface area contributed by atoms with Gasteiger partial charge in [0.05, 0.1) is 10.5 Å². The minimum absolute atomic E-state index is 0.131. The lowest BCUT2D eigenvalue weighted by Crippen LogP contribution is -2.38. The van der Waals surface area contributed by atoms with Crippen LogP contribution in [0.4, 0.5) is 30.2 Å². The molecule has 0 atom stereocenters. The lowest BCUT2D eigenvalue weighted by Gasteiger charge is -2.32. The molecular formula is C18H17F3N4O3. The van der Waals surface area contributed by atoms with Crippen molar-refractivity contribution >= 4 is 23.0 Å². The van der Waals surface area contributed by atoms with Gasteiger partial charge in [-0.05, 0) is 37.1 Å². The van der Waals surface area contributed by atoms with Crippen LogP contribution < -0.4 is 10.2 Å². The molecule has 1 aliphatic heterocycles. The molecule has 0 unspecified atom stereocenters. The lowest BCUT2D eigenvalue weighted by atomic mass is 9.95. The third kappa shape index (κ3) is 4.38. The molecule has 2 aromatic rings. The molecule has 1 amide bonds. The maximum Gasteiger partial charge on any atom is 0.416 e. The van der Waals surface area contributed by atoms with Gasteiger partial charge < -0.3 is 10.2 Å². The fraction of sp³-hybridized carbons (Fsp3) is 0.333. The van der Waals surface area contributed by atoms with Gasteiger partial charge in [0.1, 0.15) is 5.69 Å². The predicted molar refractivity (Wildman–Crippen MR) is 95.9 cm³/mol. The maximum atomic E-state index is 12.8.